The van der Waals surface area contributed by atoms with Crippen molar-refractivity contribution in [1.29, 1.82) is 0 Å². The molecule has 1 fully saturated rings. The van der Waals surface area contributed by atoms with Crippen molar-refractivity contribution in [3.63, 3.8) is 0 Å². The number of hydrogen-bond acceptors (Lipinski definition) is 3. The molecule has 0 amide bonds. The molecule has 3 nitrogen and oxygen atoms in total. The van der Waals surface area contributed by atoms with Gasteiger partial charge < -0.3 is 10.1 Å². The average molecular weight is 346 g/mol. The molecule has 0 radical (unpaired) electrons. The van der Waals surface area contributed by atoms with Gasteiger partial charge in [-0.25, -0.2) is 4.79 Å². The van der Waals surface area contributed by atoms with Crippen LogP contribution in [0.3, 0.4) is 0 Å². The molecular formula is C20H24ClNO2. The molecule has 2 aromatic carbocycles. The largest absolute Gasteiger partial charge is 0.458 e. The molecule has 24 heavy (non-hydrogen) atoms. The Balaban J connectivity index is 0.00000208. The van der Waals surface area contributed by atoms with Crippen LogP contribution in [0.5, 0.6) is 0 Å². The Morgan fingerprint density at radius 1 is 1.00 bits per heavy atom. The molecule has 1 aliphatic heterocycles. The van der Waals surface area contributed by atoms with Crippen molar-refractivity contribution in [3.8, 4) is 0 Å². The van der Waals surface area contributed by atoms with Crippen LogP contribution in [0.25, 0.3) is 0 Å². The van der Waals surface area contributed by atoms with Gasteiger partial charge in [0, 0.05) is 6.42 Å². The summed E-state index contributed by atoms with van der Waals surface area (Å²) in [4.78, 5) is 12.5. The summed E-state index contributed by atoms with van der Waals surface area (Å²) in [6, 6.07) is 19.6. The molecule has 1 unspecified atom stereocenters. The van der Waals surface area contributed by atoms with Gasteiger partial charge in [-0.3, -0.25) is 0 Å². The fourth-order valence-corrected chi connectivity index (χ4v) is 3.15. The lowest BCUT2D eigenvalue weighted by molar-refractivity contribution is 0.00907. The third-order valence-corrected chi connectivity index (χ3v) is 4.46. The summed E-state index contributed by atoms with van der Waals surface area (Å²) in [5, 5.41) is 3.38. The van der Waals surface area contributed by atoms with E-state index in [0.29, 0.717) is 11.5 Å². The fraction of sp³-hybridized carbons (Fsp3) is 0.350. The van der Waals surface area contributed by atoms with Crippen molar-refractivity contribution in [3.05, 3.63) is 71.8 Å². The predicted molar refractivity (Wildman–Crippen MR) is 98.6 cm³/mol. The normalized spacial score (nSPS) is 16.0. The number of rotatable bonds is 5. The highest BCUT2D eigenvalue weighted by atomic mass is 35.5. The SMILES string of the molecule is Cl.O=C(OC(Cc1ccccc1)C1CCNCC1)c1ccccc1. The van der Waals surface area contributed by atoms with Gasteiger partial charge in [0.1, 0.15) is 6.10 Å². The van der Waals surface area contributed by atoms with Crippen molar-refractivity contribution in [2.75, 3.05) is 13.1 Å². The van der Waals surface area contributed by atoms with E-state index in [2.05, 4.69) is 17.4 Å². The van der Waals surface area contributed by atoms with E-state index in [1.165, 1.54) is 5.56 Å². The molecule has 0 bridgehead atoms. The van der Waals surface area contributed by atoms with E-state index in [0.717, 1.165) is 32.4 Å². The molecule has 4 heteroatoms. The van der Waals surface area contributed by atoms with Gasteiger partial charge in [-0.15, -0.1) is 12.4 Å². The molecule has 1 N–H and O–H groups in total. The number of piperidine rings is 1. The van der Waals surface area contributed by atoms with Gasteiger partial charge in [-0.2, -0.15) is 0 Å². The standard InChI is InChI=1S/C20H23NO2.ClH/c22-20(18-9-5-2-6-10-18)23-19(17-11-13-21-14-12-17)15-16-7-3-1-4-8-16;/h1-10,17,19,21H,11-15H2;1H. The zero-order valence-electron chi connectivity index (χ0n) is 13.7. The molecule has 1 heterocycles. The lowest BCUT2D eigenvalue weighted by Crippen LogP contribution is -2.37. The summed E-state index contributed by atoms with van der Waals surface area (Å²) in [5.74, 6) is 0.203. The van der Waals surface area contributed by atoms with Crippen LogP contribution in [0.4, 0.5) is 0 Å². The lowest BCUT2D eigenvalue weighted by Gasteiger charge is -2.30. The van der Waals surface area contributed by atoms with Crippen LogP contribution < -0.4 is 5.32 Å². The number of halogens is 1. The van der Waals surface area contributed by atoms with E-state index in [-0.39, 0.29) is 24.5 Å². The summed E-state index contributed by atoms with van der Waals surface area (Å²) >= 11 is 0. The molecule has 0 spiro atoms. The van der Waals surface area contributed by atoms with Crippen LogP contribution in [-0.4, -0.2) is 25.2 Å². The quantitative estimate of drug-likeness (QED) is 0.836. The summed E-state index contributed by atoms with van der Waals surface area (Å²) in [7, 11) is 0. The molecule has 2 aromatic rings. The molecule has 3 rings (SSSR count). The second kappa shape index (κ2) is 9.45. The third-order valence-electron chi connectivity index (χ3n) is 4.46. The van der Waals surface area contributed by atoms with Crippen molar-refractivity contribution in [2.24, 2.45) is 5.92 Å². The van der Waals surface area contributed by atoms with Crippen LogP contribution in [-0.2, 0) is 11.2 Å². The Morgan fingerprint density at radius 2 is 1.58 bits per heavy atom. The molecule has 1 saturated heterocycles. The first-order valence-electron chi connectivity index (χ1n) is 8.33. The molecule has 0 aromatic heterocycles. The second-order valence-electron chi connectivity index (χ2n) is 6.09. The highest BCUT2D eigenvalue weighted by molar-refractivity contribution is 5.89. The van der Waals surface area contributed by atoms with Crippen LogP contribution in [0.15, 0.2) is 60.7 Å². The monoisotopic (exact) mass is 345 g/mol. The summed E-state index contributed by atoms with van der Waals surface area (Å²) in [5.41, 5.74) is 1.84. The number of carbonyl (C=O) groups excluding carboxylic acids is 1. The lowest BCUT2D eigenvalue weighted by atomic mass is 9.88. The Labute approximate surface area is 149 Å². The molecule has 0 aliphatic carbocycles. The second-order valence-corrected chi connectivity index (χ2v) is 6.09. The van der Waals surface area contributed by atoms with E-state index < -0.39 is 0 Å². The number of ether oxygens (including phenoxy) is 1. The zero-order chi connectivity index (χ0) is 15.9. The Hall–Kier alpha value is -1.84. The number of benzene rings is 2. The Bertz CT molecular complexity index is 612. The van der Waals surface area contributed by atoms with E-state index in [1.807, 2.05) is 48.5 Å². The first-order valence-corrected chi connectivity index (χ1v) is 8.33. The minimum absolute atomic E-state index is 0. The van der Waals surface area contributed by atoms with Crippen LogP contribution in [0, 0.1) is 5.92 Å². The smallest absolute Gasteiger partial charge is 0.338 e. The van der Waals surface area contributed by atoms with Crippen molar-refractivity contribution < 1.29 is 9.53 Å². The van der Waals surface area contributed by atoms with E-state index >= 15 is 0 Å². The van der Waals surface area contributed by atoms with E-state index in [4.69, 9.17) is 4.74 Å². The van der Waals surface area contributed by atoms with Gasteiger partial charge in [0.15, 0.2) is 0 Å². The van der Waals surface area contributed by atoms with Gasteiger partial charge >= 0.3 is 5.97 Å². The Morgan fingerprint density at radius 3 is 2.21 bits per heavy atom. The zero-order valence-corrected chi connectivity index (χ0v) is 14.5. The van der Waals surface area contributed by atoms with Gasteiger partial charge in [0.25, 0.3) is 0 Å². The van der Waals surface area contributed by atoms with Gasteiger partial charge in [0.2, 0.25) is 0 Å². The molecular weight excluding hydrogens is 322 g/mol. The fourth-order valence-electron chi connectivity index (χ4n) is 3.15. The maximum Gasteiger partial charge on any atom is 0.338 e. The van der Waals surface area contributed by atoms with Crippen molar-refractivity contribution in [2.45, 2.75) is 25.4 Å². The van der Waals surface area contributed by atoms with Crippen molar-refractivity contribution >= 4 is 18.4 Å². The summed E-state index contributed by atoms with van der Waals surface area (Å²) < 4.78 is 5.91. The summed E-state index contributed by atoms with van der Waals surface area (Å²) in [6.45, 7) is 2.00. The maximum absolute atomic E-state index is 12.5. The highest BCUT2D eigenvalue weighted by Gasteiger charge is 2.27. The third kappa shape index (κ3) is 5.08. The summed E-state index contributed by atoms with van der Waals surface area (Å²) in [6.07, 6.45) is 2.83. The molecule has 128 valence electrons. The minimum Gasteiger partial charge on any atom is -0.458 e. The number of esters is 1. The average Bonchev–Trinajstić information content (AvgIpc) is 2.63. The van der Waals surface area contributed by atoms with Crippen LogP contribution in [0.2, 0.25) is 0 Å². The van der Waals surface area contributed by atoms with Crippen LogP contribution in [0.1, 0.15) is 28.8 Å². The first kappa shape index (κ1) is 18.5. The van der Waals surface area contributed by atoms with Gasteiger partial charge in [0.05, 0.1) is 5.56 Å². The molecule has 1 aliphatic rings. The van der Waals surface area contributed by atoms with Gasteiger partial charge in [-0.05, 0) is 49.5 Å². The topological polar surface area (TPSA) is 38.3 Å². The number of hydrogen-bond donors (Lipinski definition) is 1. The number of nitrogens with one attached hydrogen (secondary N) is 1. The van der Waals surface area contributed by atoms with Crippen LogP contribution >= 0.6 is 12.4 Å². The molecule has 0 saturated carbocycles. The molecule has 1 atom stereocenters. The predicted octanol–water partition coefficient (Wildman–Crippen LogP) is 3.88. The van der Waals surface area contributed by atoms with Crippen molar-refractivity contribution in [1.82, 2.24) is 5.32 Å². The minimum atomic E-state index is -0.218. The first-order chi connectivity index (χ1) is 11.3. The van der Waals surface area contributed by atoms with Gasteiger partial charge in [-0.1, -0.05) is 48.5 Å². The maximum atomic E-state index is 12.5. The van der Waals surface area contributed by atoms with E-state index in [9.17, 15) is 4.79 Å². The number of carbonyl (C=O) groups is 1. The highest BCUT2D eigenvalue weighted by Crippen LogP contribution is 2.23. The van der Waals surface area contributed by atoms with E-state index in [1.54, 1.807) is 0 Å². The Kier molecular flexibility index (Phi) is 7.29.